The normalized spacial score (nSPS) is 10.8. The second-order valence-electron chi connectivity index (χ2n) is 4.92. The number of nitrogens with one attached hydrogen (secondary N) is 1. The van der Waals surface area contributed by atoms with Crippen molar-refractivity contribution in [1.29, 1.82) is 0 Å². The summed E-state index contributed by atoms with van der Waals surface area (Å²) in [6, 6.07) is 6.16. The van der Waals surface area contributed by atoms with Crippen LogP contribution >= 0.6 is 0 Å². The predicted molar refractivity (Wildman–Crippen MR) is 85.8 cm³/mol. The Morgan fingerprint density at radius 2 is 2.00 bits per heavy atom. The van der Waals surface area contributed by atoms with Crippen molar-refractivity contribution in [3.05, 3.63) is 29.5 Å². The van der Waals surface area contributed by atoms with Gasteiger partial charge in [-0.15, -0.1) is 0 Å². The summed E-state index contributed by atoms with van der Waals surface area (Å²) in [4.78, 5) is 4.77. The van der Waals surface area contributed by atoms with Crippen molar-refractivity contribution in [2.75, 3.05) is 18.5 Å². The maximum atomic E-state index is 5.72. The number of anilines is 1. The zero-order valence-corrected chi connectivity index (χ0v) is 12.9. The topological polar surface area (TPSA) is 34.2 Å². The van der Waals surface area contributed by atoms with Crippen molar-refractivity contribution >= 4 is 16.6 Å². The third kappa shape index (κ3) is 2.72. The van der Waals surface area contributed by atoms with Crippen LogP contribution in [0.15, 0.2) is 18.2 Å². The van der Waals surface area contributed by atoms with Gasteiger partial charge in [-0.05, 0) is 38.3 Å². The number of benzene rings is 1. The Balaban J connectivity index is 2.67. The van der Waals surface area contributed by atoms with E-state index >= 15 is 0 Å². The highest BCUT2D eigenvalue weighted by atomic mass is 16.5. The number of aryl methyl sites for hydroxylation is 1. The summed E-state index contributed by atoms with van der Waals surface area (Å²) in [6.07, 6.45) is 2.09. The Kier molecular flexibility index (Phi) is 4.83. The van der Waals surface area contributed by atoms with E-state index in [4.69, 9.17) is 9.72 Å². The molecule has 0 saturated heterocycles. The minimum absolute atomic E-state index is 0.660. The van der Waals surface area contributed by atoms with Gasteiger partial charge in [-0.1, -0.05) is 26.0 Å². The van der Waals surface area contributed by atoms with E-state index in [1.54, 1.807) is 0 Å². The monoisotopic (exact) mass is 272 g/mol. The van der Waals surface area contributed by atoms with Crippen molar-refractivity contribution in [3.63, 3.8) is 0 Å². The summed E-state index contributed by atoms with van der Waals surface area (Å²) in [5, 5.41) is 4.73. The van der Waals surface area contributed by atoms with Gasteiger partial charge in [-0.3, -0.25) is 0 Å². The van der Waals surface area contributed by atoms with Crippen molar-refractivity contribution in [3.8, 4) is 5.75 Å². The zero-order valence-electron chi connectivity index (χ0n) is 12.9. The average Bonchev–Trinajstić information content (AvgIpc) is 2.45. The lowest BCUT2D eigenvalue weighted by Gasteiger charge is -2.17. The van der Waals surface area contributed by atoms with Crippen LogP contribution in [0.4, 0.5) is 5.69 Å². The van der Waals surface area contributed by atoms with Gasteiger partial charge >= 0.3 is 0 Å². The van der Waals surface area contributed by atoms with Gasteiger partial charge < -0.3 is 10.1 Å². The molecule has 2 rings (SSSR count). The molecule has 1 heterocycles. The molecule has 0 bridgehead atoms. The summed E-state index contributed by atoms with van der Waals surface area (Å²) in [7, 11) is 0. The van der Waals surface area contributed by atoms with Crippen LogP contribution < -0.4 is 10.1 Å². The van der Waals surface area contributed by atoms with Gasteiger partial charge in [0.05, 0.1) is 6.61 Å². The molecule has 20 heavy (non-hydrogen) atoms. The summed E-state index contributed by atoms with van der Waals surface area (Å²) in [5.74, 6) is 0.871. The Hall–Kier alpha value is -1.77. The summed E-state index contributed by atoms with van der Waals surface area (Å²) in [6.45, 7) is 10.1. The molecule has 0 aliphatic rings. The minimum atomic E-state index is 0.660. The number of aromatic nitrogens is 1. The zero-order chi connectivity index (χ0) is 14.5. The van der Waals surface area contributed by atoms with Gasteiger partial charge in [0.2, 0.25) is 0 Å². The summed E-state index contributed by atoms with van der Waals surface area (Å²) in [5.41, 5.74) is 4.58. The van der Waals surface area contributed by atoms with Gasteiger partial charge in [0.15, 0.2) is 0 Å². The highest BCUT2D eigenvalue weighted by Crippen LogP contribution is 2.33. The highest BCUT2D eigenvalue weighted by molar-refractivity contribution is 5.96. The van der Waals surface area contributed by atoms with Crippen LogP contribution in [0.25, 0.3) is 10.9 Å². The molecule has 0 aliphatic carbocycles. The summed E-state index contributed by atoms with van der Waals surface area (Å²) < 4.78 is 5.72. The molecule has 1 aromatic heterocycles. The molecule has 108 valence electrons. The first-order valence-corrected chi connectivity index (χ1v) is 7.51. The molecule has 0 spiro atoms. The van der Waals surface area contributed by atoms with E-state index in [9.17, 15) is 0 Å². The number of pyridine rings is 1. The first kappa shape index (κ1) is 14.6. The van der Waals surface area contributed by atoms with Crippen molar-refractivity contribution in [1.82, 2.24) is 4.98 Å². The Morgan fingerprint density at radius 3 is 2.65 bits per heavy atom. The van der Waals surface area contributed by atoms with Gasteiger partial charge in [0.25, 0.3) is 0 Å². The number of hydrogen-bond acceptors (Lipinski definition) is 3. The molecule has 1 N–H and O–H groups in total. The molecule has 2 aromatic rings. The van der Waals surface area contributed by atoms with E-state index in [1.807, 2.05) is 19.1 Å². The molecule has 0 unspecified atom stereocenters. The van der Waals surface area contributed by atoms with Crippen molar-refractivity contribution in [2.45, 2.75) is 40.5 Å². The Morgan fingerprint density at radius 1 is 1.20 bits per heavy atom. The molecule has 0 amide bonds. The van der Waals surface area contributed by atoms with Crippen LogP contribution in [0.1, 0.15) is 38.4 Å². The third-order valence-corrected chi connectivity index (χ3v) is 3.49. The second kappa shape index (κ2) is 6.60. The van der Waals surface area contributed by atoms with E-state index in [-0.39, 0.29) is 0 Å². The fraction of sp³-hybridized carbons (Fsp3) is 0.471. The molecule has 0 aliphatic heterocycles. The average molecular weight is 272 g/mol. The Bertz CT molecular complexity index is 593. The van der Waals surface area contributed by atoms with E-state index in [0.717, 1.165) is 41.7 Å². The van der Waals surface area contributed by atoms with Crippen LogP contribution in [-0.2, 0) is 6.42 Å². The molecule has 0 radical (unpaired) electrons. The van der Waals surface area contributed by atoms with Gasteiger partial charge in [-0.2, -0.15) is 0 Å². The molecule has 3 nitrogen and oxygen atoms in total. The third-order valence-electron chi connectivity index (χ3n) is 3.49. The lowest BCUT2D eigenvalue weighted by atomic mass is 10.0. The summed E-state index contributed by atoms with van der Waals surface area (Å²) >= 11 is 0. The van der Waals surface area contributed by atoms with Crippen LogP contribution in [0.3, 0.4) is 0 Å². The van der Waals surface area contributed by atoms with Crippen LogP contribution in [0.2, 0.25) is 0 Å². The number of fused-ring (bicyclic) bond motifs is 1. The van der Waals surface area contributed by atoms with E-state index < -0.39 is 0 Å². The molecular formula is C17H24N2O. The van der Waals surface area contributed by atoms with Gasteiger partial charge in [0, 0.05) is 23.3 Å². The smallest absolute Gasteiger partial charge is 0.145 e. The number of hydrogen-bond donors (Lipinski definition) is 1. The maximum Gasteiger partial charge on any atom is 0.145 e. The first-order chi connectivity index (χ1) is 9.72. The quantitative estimate of drug-likeness (QED) is 0.850. The van der Waals surface area contributed by atoms with E-state index in [2.05, 4.69) is 32.2 Å². The van der Waals surface area contributed by atoms with E-state index in [1.165, 1.54) is 11.3 Å². The molecule has 0 fully saturated rings. The van der Waals surface area contributed by atoms with Crippen LogP contribution in [-0.4, -0.2) is 18.1 Å². The number of rotatable bonds is 6. The first-order valence-electron chi connectivity index (χ1n) is 7.51. The van der Waals surface area contributed by atoms with Crippen molar-refractivity contribution < 1.29 is 4.74 Å². The second-order valence-corrected chi connectivity index (χ2v) is 4.92. The number of nitrogens with zero attached hydrogens (tertiary/aromatic N) is 1. The highest BCUT2D eigenvalue weighted by Gasteiger charge is 2.13. The van der Waals surface area contributed by atoms with Crippen LogP contribution in [0, 0.1) is 6.92 Å². The molecule has 0 atom stereocenters. The fourth-order valence-corrected chi connectivity index (χ4v) is 2.57. The van der Waals surface area contributed by atoms with E-state index in [0.29, 0.717) is 6.61 Å². The van der Waals surface area contributed by atoms with Gasteiger partial charge in [0.1, 0.15) is 11.3 Å². The number of para-hydroxylation sites is 1. The standard InChI is InChI=1S/C17H24N2O/c1-5-11-18-16-13(6-2)12(4)19-17-14(16)9-8-10-15(17)20-7-3/h8-10H,5-7,11H2,1-4H3,(H,18,19). The predicted octanol–water partition coefficient (Wildman–Crippen LogP) is 4.33. The largest absolute Gasteiger partial charge is 0.492 e. The molecule has 1 aromatic carbocycles. The number of ether oxygens (including phenoxy) is 1. The fourth-order valence-electron chi connectivity index (χ4n) is 2.57. The SMILES string of the molecule is CCCNc1c(CC)c(C)nc2c(OCC)cccc12. The van der Waals surface area contributed by atoms with Crippen molar-refractivity contribution in [2.24, 2.45) is 0 Å². The Labute approximate surface area is 121 Å². The lowest BCUT2D eigenvalue weighted by Crippen LogP contribution is -2.07. The molecule has 3 heteroatoms. The molecular weight excluding hydrogens is 248 g/mol. The van der Waals surface area contributed by atoms with Gasteiger partial charge in [-0.25, -0.2) is 4.98 Å². The lowest BCUT2D eigenvalue weighted by molar-refractivity contribution is 0.343. The maximum absolute atomic E-state index is 5.72. The van der Waals surface area contributed by atoms with Crippen LogP contribution in [0.5, 0.6) is 5.75 Å². The minimum Gasteiger partial charge on any atom is -0.492 e. The molecule has 0 saturated carbocycles.